The second-order valence-corrected chi connectivity index (χ2v) is 10.3. The first-order valence-electron chi connectivity index (χ1n) is 11.4. The number of rotatable bonds is 10. The second kappa shape index (κ2) is 11.9. The monoisotopic (exact) mass is 566 g/mol. The zero-order valence-electron chi connectivity index (χ0n) is 20.2. The molecule has 0 aliphatic carbocycles. The number of methoxy groups -OCH3 is 1. The molecule has 1 aliphatic rings. The van der Waals surface area contributed by atoms with E-state index in [0.717, 1.165) is 21.4 Å². The number of aromatic amines is 1. The first-order chi connectivity index (χ1) is 18.0. The number of hydrogen-bond donors (Lipinski definition) is 5. The maximum atomic E-state index is 12.6. The van der Waals surface area contributed by atoms with E-state index in [4.69, 9.17) is 36.2 Å². The van der Waals surface area contributed by atoms with Crippen LogP contribution in [0.3, 0.4) is 0 Å². The van der Waals surface area contributed by atoms with E-state index >= 15 is 0 Å². The Bertz CT molecular complexity index is 1420. The molecule has 0 saturated carbocycles. The lowest BCUT2D eigenvalue weighted by atomic mass is 10.1. The van der Waals surface area contributed by atoms with Crippen LogP contribution >= 0.6 is 20.0 Å². The van der Waals surface area contributed by atoms with Crippen molar-refractivity contribution < 1.29 is 43.3 Å². The Morgan fingerprint density at radius 2 is 1.82 bits per heavy atom. The molecule has 3 aromatic rings. The lowest BCUT2D eigenvalue weighted by molar-refractivity contribution is -0.0543. The third-order valence-corrected chi connectivity index (χ3v) is 6.77. The molecule has 0 spiro atoms. The standard InChI is InChI=1S/C24H27N2O10PS/c1-33-17-7-5-14(6-8-17)12-34-18-4-2-3-15(10-18)9-16-11-26(24(29)25-22(16)38)23-21(28)20(27)19(36-23)13-35-37(30,31)32/h2-8,10-11,19-21,23,27-28H,9,12-13H2,1H3,(H,25,29,38)(H2,30,31,32)/t19-,20-,21-,23-/m1/s1. The Labute approximate surface area is 222 Å². The molecular weight excluding hydrogens is 539 g/mol. The average molecular weight is 567 g/mol. The molecule has 0 unspecified atom stereocenters. The molecule has 1 aliphatic heterocycles. The summed E-state index contributed by atoms with van der Waals surface area (Å²) in [5, 5.41) is 20.7. The molecule has 4 atom stereocenters. The number of aliphatic hydroxyl groups excluding tert-OH is 2. The largest absolute Gasteiger partial charge is 0.497 e. The molecule has 5 N–H and O–H groups in total. The van der Waals surface area contributed by atoms with Gasteiger partial charge in [-0.25, -0.2) is 9.36 Å². The van der Waals surface area contributed by atoms with Gasteiger partial charge in [0.15, 0.2) is 6.23 Å². The highest BCUT2D eigenvalue weighted by molar-refractivity contribution is 7.71. The molecule has 14 heteroatoms. The lowest BCUT2D eigenvalue weighted by Crippen LogP contribution is -2.36. The molecule has 1 saturated heterocycles. The number of H-pyrrole nitrogens is 1. The van der Waals surface area contributed by atoms with Crippen molar-refractivity contribution in [1.82, 2.24) is 9.55 Å². The Morgan fingerprint density at radius 3 is 2.50 bits per heavy atom. The number of aliphatic hydroxyl groups is 2. The molecule has 2 aromatic carbocycles. The molecule has 1 fully saturated rings. The van der Waals surface area contributed by atoms with Crippen molar-refractivity contribution >= 4 is 20.0 Å². The normalized spacial score (nSPS) is 21.4. The second-order valence-electron chi connectivity index (χ2n) is 8.61. The van der Waals surface area contributed by atoms with Gasteiger partial charge in [0, 0.05) is 18.2 Å². The minimum atomic E-state index is -4.83. The van der Waals surface area contributed by atoms with E-state index in [-0.39, 0.29) is 4.64 Å². The van der Waals surface area contributed by atoms with Crippen LogP contribution in [0, 0.1) is 4.64 Å². The van der Waals surface area contributed by atoms with Crippen LogP contribution in [-0.2, 0) is 26.9 Å². The summed E-state index contributed by atoms with van der Waals surface area (Å²) in [4.78, 5) is 32.9. The molecule has 1 aromatic heterocycles. The summed E-state index contributed by atoms with van der Waals surface area (Å²) < 4.78 is 33.2. The van der Waals surface area contributed by atoms with Crippen molar-refractivity contribution in [1.29, 1.82) is 0 Å². The summed E-state index contributed by atoms with van der Waals surface area (Å²) in [5.74, 6) is 1.38. The van der Waals surface area contributed by atoms with Gasteiger partial charge < -0.3 is 34.2 Å². The summed E-state index contributed by atoms with van der Waals surface area (Å²) in [5.41, 5.74) is 1.64. The molecule has 38 heavy (non-hydrogen) atoms. The van der Waals surface area contributed by atoms with Crippen molar-refractivity contribution in [3.8, 4) is 11.5 Å². The zero-order valence-corrected chi connectivity index (χ0v) is 21.9. The van der Waals surface area contributed by atoms with E-state index < -0.39 is 44.7 Å². The lowest BCUT2D eigenvalue weighted by Gasteiger charge is -2.18. The molecule has 0 amide bonds. The third-order valence-electron chi connectivity index (χ3n) is 5.92. The Kier molecular flexibility index (Phi) is 8.81. The van der Waals surface area contributed by atoms with Crippen molar-refractivity contribution in [3.05, 3.63) is 86.5 Å². The molecule has 204 valence electrons. The van der Waals surface area contributed by atoms with Gasteiger partial charge in [0.25, 0.3) is 0 Å². The van der Waals surface area contributed by atoms with Gasteiger partial charge in [-0.3, -0.25) is 14.1 Å². The highest BCUT2D eigenvalue weighted by Crippen LogP contribution is 2.38. The minimum absolute atomic E-state index is 0.185. The number of nitrogens with one attached hydrogen (secondary N) is 1. The molecule has 2 heterocycles. The zero-order chi connectivity index (χ0) is 27.4. The Balaban J connectivity index is 1.49. The highest BCUT2D eigenvalue weighted by Gasteiger charge is 2.45. The van der Waals surface area contributed by atoms with Crippen LogP contribution in [-0.4, -0.2) is 61.6 Å². The first kappa shape index (κ1) is 28.1. The van der Waals surface area contributed by atoms with Gasteiger partial charge in [-0.05, 0) is 35.4 Å². The van der Waals surface area contributed by atoms with Crippen LogP contribution in [0.2, 0.25) is 0 Å². The van der Waals surface area contributed by atoms with Gasteiger partial charge in [0.05, 0.1) is 13.7 Å². The van der Waals surface area contributed by atoms with E-state index in [0.29, 0.717) is 24.3 Å². The number of aromatic nitrogens is 2. The highest BCUT2D eigenvalue weighted by atomic mass is 32.1. The predicted molar refractivity (Wildman–Crippen MR) is 136 cm³/mol. The van der Waals surface area contributed by atoms with Gasteiger partial charge in [-0.15, -0.1) is 0 Å². The predicted octanol–water partition coefficient (Wildman–Crippen LogP) is 1.81. The summed E-state index contributed by atoms with van der Waals surface area (Å²) in [6, 6.07) is 14.9. The van der Waals surface area contributed by atoms with Crippen LogP contribution in [0.15, 0.2) is 59.5 Å². The Hall–Kier alpha value is -2.87. The fourth-order valence-corrected chi connectivity index (χ4v) is 4.52. The van der Waals surface area contributed by atoms with Crippen LogP contribution in [0.1, 0.15) is 22.9 Å². The maximum Gasteiger partial charge on any atom is 0.469 e. The van der Waals surface area contributed by atoms with Crippen molar-refractivity contribution in [2.45, 2.75) is 37.6 Å². The van der Waals surface area contributed by atoms with Gasteiger partial charge in [-0.2, -0.15) is 0 Å². The number of hydrogen-bond acceptors (Lipinski definition) is 9. The molecule has 12 nitrogen and oxygen atoms in total. The minimum Gasteiger partial charge on any atom is -0.497 e. The topological polar surface area (TPSA) is 173 Å². The number of phosphoric acid groups is 1. The van der Waals surface area contributed by atoms with Crippen molar-refractivity contribution in [2.24, 2.45) is 0 Å². The molecule has 0 radical (unpaired) electrons. The Morgan fingerprint density at radius 1 is 1.08 bits per heavy atom. The van der Waals surface area contributed by atoms with Crippen LogP contribution in [0.5, 0.6) is 11.5 Å². The summed E-state index contributed by atoms with van der Waals surface area (Å²) in [6.45, 7) is -0.336. The fourth-order valence-electron chi connectivity index (χ4n) is 3.96. The van der Waals surface area contributed by atoms with E-state index in [1.165, 1.54) is 6.20 Å². The number of ether oxygens (including phenoxy) is 3. The smallest absolute Gasteiger partial charge is 0.469 e. The summed E-state index contributed by atoms with van der Waals surface area (Å²) >= 11 is 5.33. The summed E-state index contributed by atoms with van der Waals surface area (Å²) in [7, 11) is -3.23. The van der Waals surface area contributed by atoms with E-state index in [9.17, 15) is 19.6 Å². The van der Waals surface area contributed by atoms with Crippen LogP contribution < -0.4 is 15.2 Å². The third kappa shape index (κ3) is 6.95. The number of benzene rings is 2. The van der Waals surface area contributed by atoms with Crippen molar-refractivity contribution in [3.63, 3.8) is 0 Å². The van der Waals surface area contributed by atoms with Crippen LogP contribution in [0.25, 0.3) is 0 Å². The first-order valence-corrected chi connectivity index (χ1v) is 13.4. The molecule has 4 rings (SSSR count). The quantitative estimate of drug-likeness (QED) is 0.179. The molecular formula is C24H27N2O10PS. The van der Waals surface area contributed by atoms with Gasteiger partial charge in [0.1, 0.15) is 41.1 Å². The van der Waals surface area contributed by atoms with E-state index in [1.807, 2.05) is 48.5 Å². The fraction of sp³-hybridized carbons (Fsp3) is 0.333. The van der Waals surface area contributed by atoms with Gasteiger partial charge in [0.2, 0.25) is 0 Å². The average Bonchev–Trinajstić information content (AvgIpc) is 3.16. The van der Waals surface area contributed by atoms with Crippen molar-refractivity contribution in [2.75, 3.05) is 13.7 Å². The van der Waals surface area contributed by atoms with Gasteiger partial charge >= 0.3 is 13.5 Å². The van der Waals surface area contributed by atoms with E-state index in [2.05, 4.69) is 9.51 Å². The van der Waals surface area contributed by atoms with Gasteiger partial charge in [-0.1, -0.05) is 36.5 Å². The molecule has 0 bridgehead atoms. The number of phosphoric ester groups is 1. The van der Waals surface area contributed by atoms with Crippen LogP contribution in [0.4, 0.5) is 0 Å². The number of nitrogens with zero attached hydrogens (tertiary/aromatic N) is 1. The van der Waals surface area contributed by atoms with E-state index in [1.54, 1.807) is 7.11 Å². The SMILES string of the molecule is COc1ccc(COc2cccc(Cc3cn([C@@H]4O[C@H](COP(=O)(O)O)[C@@H](O)[C@H]4O)c(=O)[nH]c3=S)c2)cc1. The summed E-state index contributed by atoms with van der Waals surface area (Å²) in [6.07, 6.45) is -4.01. The maximum absolute atomic E-state index is 12.6.